The summed E-state index contributed by atoms with van der Waals surface area (Å²) in [5.41, 5.74) is 9.85. The minimum atomic E-state index is -0.605. The van der Waals surface area contributed by atoms with Crippen molar-refractivity contribution in [3.8, 4) is 0 Å². The molecule has 35 heavy (non-hydrogen) atoms. The molecular formula is C27H27ClN6O. The van der Waals surface area contributed by atoms with Gasteiger partial charge in [0, 0.05) is 16.7 Å². The summed E-state index contributed by atoms with van der Waals surface area (Å²) >= 11 is 6.03. The van der Waals surface area contributed by atoms with Gasteiger partial charge in [0.15, 0.2) is 11.5 Å². The van der Waals surface area contributed by atoms with Crippen LogP contribution in [0.3, 0.4) is 0 Å². The fraction of sp³-hybridized carbons (Fsp3) is 0.333. The number of halogens is 1. The largest absolute Gasteiger partial charge is 0.389 e. The normalized spacial score (nSPS) is 31.9. The van der Waals surface area contributed by atoms with E-state index in [1.807, 2.05) is 60.7 Å². The standard InChI is InChI=1S/C27H27ClN6O/c28-25(30)34-21(29)13-12-20-24(34)33-23(16-4-2-1-3-5-16)22(32-20)17-6-8-18(9-7-17)26(31)14-27(35,15-26)19-10-11-19/h1-9,12-13,19-20,24,29-30,35H,10-11,14-15,31H2. The Hall–Kier alpha value is -3.13. The molecule has 2 heterocycles. The van der Waals surface area contributed by atoms with E-state index >= 15 is 0 Å². The second-order valence-corrected chi connectivity index (χ2v) is 10.5. The molecule has 7 nitrogen and oxygen atoms in total. The first-order valence-corrected chi connectivity index (χ1v) is 12.3. The van der Waals surface area contributed by atoms with Gasteiger partial charge in [0.1, 0.15) is 11.9 Å². The smallest absolute Gasteiger partial charge is 0.198 e. The predicted octanol–water partition coefficient (Wildman–Crippen LogP) is 3.78. The van der Waals surface area contributed by atoms with Crippen LogP contribution in [0.1, 0.15) is 42.4 Å². The lowest BCUT2D eigenvalue weighted by molar-refractivity contribution is -0.106. The molecule has 0 aromatic heterocycles. The van der Waals surface area contributed by atoms with Crippen molar-refractivity contribution < 1.29 is 5.11 Å². The van der Waals surface area contributed by atoms with E-state index in [0.717, 1.165) is 35.2 Å². The van der Waals surface area contributed by atoms with Crippen LogP contribution in [-0.2, 0) is 5.54 Å². The maximum Gasteiger partial charge on any atom is 0.198 e. The number of benzene rings is 2. The second kappa shape index (κ2) is 7.95. The Morgan fingerprint density at radius 1 is 1.00 bits per heavy atom. The number of hydrogen-bond donors (Lipinski definition) is 4. The van der Waals surface area contributed by atoms with Gasteiger partial charge in [-0.2, -0.15) is 0 Å². The first-order valence-electron chi connectivity index (χ1n) is 11.9. The SMILES string of the molecule is N=C(Cl)N1C(=N)C=CC2N=C(c3ccc(C4(N)CC(O)(C5CC5)C4)cc3)C(c3ccccc3)=NC21. The Kier molecular flexibility index (Phi) is 5.07. The number of nitrogens with one attached hydrogen (secondary N) is 2. The Bertz CT molecular complexity index is 1290. The zero-order chi connectivity index (χ0) is 24.4. The minimum absolute atomic E-state index is 0.116. The fourth-order valence-corrected chi connectivity index (χ4v) is 5.86. The third-order valence-electron chi connectivity index (χ3n) is 7.62. The number of aliphatic imine (C=N–C) groups is 2. The van der Waals surface area contributed by atoms with Crippen LogP contribution in [0, 0.1) is 16.7 Å². The van der Waals surface area contributed by atoms with Gasteiger partial charge in [0.05, 0.1) is 17.0 Å². The van der Waals surface area contributed by atoms with E-state index in [9.17, 15) is 5.11 Å². The number of nitrogens with zero attached hydrogens (tertiary/aromatic N) is 3. The number of fused-ring (bicyclic) bond motifs is 1. The number of aliphatic hydroxyl groups is 1. The van der Waals surface area contributed by atoms with Gasteiger partial charge in [-0.1, -0.05) is 60.7 Å². The van der Waals surface area contributed by atoms with Crippen molar-refractivity contribution in [2.45, 2.75) is 49.0 Å². The molecule has 4 aliphatic rings. The van der Waals surface area contributed by atoms with E-state index in [1.54, 1.807) is 6.08 Å². The highest BCUT2D eigenvalue weighted by Crippen LogP contribution is 2.56. The molecule has 2 aromatic rings. The zero-order valence-electron chi connectivity index (χ0n) is 19.2. The summed E-state index contributed by atoms with van der Waals surface area (Å²) in [4.78, 5) is 11.4. The first kappa shape index (κ1) is 22.3. The van der Waals surface area contributed by atoms with Crippen molar-refractivity contribution in [2.24, 2.45) is 21.6 Å². The molecule has 2 aromatic carbocycles. The van der Waals surface area contributed by atoms with Gasteiger partial charge in [0.2, 0.25) is 0 Å². The Labute approximate surface area is 209 Å². The van der Waals surface area contributed by atoms with Crippen molar-refractivity contribution in [1.29, 1.82) is 10.8 Å². The van der Waals surface area contributed by atoms with Crippen LogP contribution in [-0.4, -0.2) is 50.4 Å². The second-order valence-electron chi connectivity index (χ2n) is 10.1. The van der Waals surface area contributed by atoms with Gasteiger partial charge in [-0.05, 0) is 54.8 Å². The molecule has 2 saturated carbocycles. The lowest BCUT2D eigenvalue weighted by atomic mass is 9.60. The van der Waals surface area contributed by atoms with E-state index in [2.05, 4.69) is 0 Å². The average Bonchev–Trinajstić information content (AvgIpc) is 3.69. The quantitative estimate of drug-likeness (QED) is 0.299. The number of amidine groups is 2. The summed E-state index contributed by atoms with van der Waals surface area (Å²) in [5.74, 6) is 0.525. The van der Waals surface area contributed by atoms with E-state index < -0.39 is 17.3 Å². The van der Waals surface area contributed by atoms with Crippen LogP contribution < -0.4 is 5.73 Å². The average molecular weight is 487 g/mol. The molecule has 0 bridgehead atoms. The van der Waals surface area contributed by atoms with Crippen LogP contribution in [0.2, 0.25) is 0 Å². The van der Waals surface area contributed by atoms with E-state index in [-0.39, 0.29) is 17.2 Å². The van der Waals surface area contributed by atoms with Gasteiger partial charge >= 0.3 is 0 Å². The Morgan fingerprint density at radius 2 is 1.63 bits per heavy atom. The maximum absolute atomic E-state index is 10.8. The molecule has 5 N–H and O–H groups in total. The van der Waals surface area contributed by atoms with Crippen LogP contribution in [0.5, 0.6) is 0 Å². The first-order chi connectivity index (χ1) is 16.8. The highest BCUT2D eigenvalue weighted by molar-refractivity contribution is 6.65. The molecule has 0 spiro atoms. The molecule has 0 radical (unpaired) electrons. The topological polar surface area (TPSA) is 122 Å². The Morgan fingerprint density at radius 3 is 2.26 bits per heavy atom. The molecule has 8 heteroatoms. The molecule has 178 valence electrons. The van der Waals surface area contributed by atoms with Gasteiger partial charge < -0.3 is 10.8 Å². The summed E-state index contributed by atoms with van der Waals surface area (Å²) < 4.78 is 0. The van der Waals surface area contributed by atoms with Crippen molar-refractivity contribution in [1.82, 2.24) is 4.90 Å². The zero-order valence-corrected chi connectivity index (χ0v) is 19.9. The fourth-order valence-electron chi connectivity index (χ4n) is 5.67. The van der Waals surface area contributed by atoms with Crippen molar-refractivity contribution in [2.75, 3.05) is 0 Å². The Balaban J connectivity index is 1.35. The van der Waals surface area contributed by atoms with Gasteiger partial charge in [-0.3, -0.25) is 25.7 Å². The lowest BCUT2D eigenvalue weighted by Crippen LogP contribution is -2.60. The third-order valence-corrected chi connectivity index (χ3v) is 7.80. The molecular weight excluding hydrogens is 460 g/mol. The summed E-state index contributed by atoms with van der Waals surface area (Å²) in [5, 5.41) is 26.7. The van der Waals surface area contributed by atoms with Crippen LogP contribution in [0.25, 0.3) is 0 Å². The summed E-state index contributed by atoms with van der Waals surface area (Å²) in [6, 6.07) is 17.5. The van der Waals surface area contributed by atoms with Crippen molar-refractivity contribution in [3.63, 3.8) is 0 Å². The summed E-state index contributed by atoms with van der Waals surface area (Å²) in [7, 11) is 0. The molecule has 0 amide bonds. The molecule has 6 rings (SSSR count). The van der Waals surface area contributed by atoms with E-state index in [1.165, 1.54) is 4.90 Å². The highest BCUT2D eigenvalue weighted by atomic mass is 35.5. The van der Waals surface area contributed by atoms with Gasteiger partial charge in [-0.15, -0.1) is 0 Å². The summed E-state index contributed by atoms with van der Waals surface area (Å²) in [6.45, 7) is 0. The minimum Gasteiger partial charge on any atom is -0.389 e. The highest BCUT2D eigenvalue weighted by Gasteiger charge is 2.58. The molecule has 2 aliphatic carbocycles. The van der Waals surface area contributed by atoms with Crippen molar-refractivity contribution in [3.05, 3.63) is 83.4 Å². The lowest BCUT2D eigenvalue weighted by Gasteiger charge is -2.52. The van der Waals surface area contributed by atoms with E-state index in [4.69, 9.17) is 38.1 Å². The van der Waals surface area contributed by atoms with E-state index in [0.29, 0.717) is 24.5 Å². The predicted molar refractivity (Wildman–Crippen MR) is 139 cm³/mol. The van der Waals surface area contributed by atoms with Crippen LogP contribution in [0.4, 0.5) is 0 Å². The molecule has 2 atom stereocenters. The number of nitrogens with two attached hydrogens (primary N) is 1. The van der Waals surface area contributed by atoms with Crippen LogP contribution in [0.15, 0.2) is 76.7 Å². The van der Waals surface area contributed by atoms with Gasteiger partial charge in [0.25, 0.3) is 0 Å². The monoisotopic (exact) mass is 486 g/mol. The molecule has 2 aliphatic heterocycles. The maximum atomic E-state index is 10.8. The third kappa shape index (κ3) is 3.75. The molecule has 0 saturated heterocycles. The summed E-state index contributed by atoms with van der Waals surface area (Å²) in [6.07, 6.45) is 6.27. The molecule has 2 unspecified atom stereocenters. The molecule has 2 fully saturated rings. The van der Waals surface area contributed by atoms with Crippen molar-refractivity contribution >= 4 is 34.2 Å². The number of hydrogen-bond acceptors (Lipinski definition) is 6. The van der Waals surface area contributed by atoms with Gasteiger partial charge in [-0.25, -0.2) is 0 Å². The van der Waals surface area contributed by atoms with Crippen LogP contribution >= 0.6 is 11.6 Å². The number of rotatable bonds is 4.